The largest absolute Gasteiger partial charge is 0.287 e. The van der Waals surface area contributed by atoms with E-state index < -0.39 is 0 Å². The third-order valence-corrected chi connectivity index (χ3v) is 3.36. The van der Waals surface area contributed by atoms with E-state index in [0.717, 1.165) is 5.69 Å². The molecule has 0 unspecified atom stereocenters. The molecular weight excluding hydrogens is 298 g/mol. The van der Waals surface area contributed by atoms with Gasteiger partial charge in [0.05, 0.1) is 0 Å². The predicted octanol–water partition coefficient (Wildman–Crippen LogP) is 3.73. The first-order valence-electron chi connectivity index (χ1n) is 6.71. The second-order valence-corrected chi connectivity index (χ2v) is 5.20. The van der Waals surface area contributed by atoms with E-state index in [-0.39, 0.29) is 5.78 Å². The Bertz CT molecular complexity index is 831. The van der Waals surface area contributed by atoms with E-state index in [1.54, 1.807) is 48.7 Å². The molecule has 0 radical (unpaired) electrons. The van der Waals surface area contributed by atoms with Gasteiger partial charge in [-0.25, -0.2) is 15.0 Å². The molecule has 108 valence electrons. The zero-order valence-corrected chi connectivity index (χ0v) is 12.6. The number of nitrogens with zero attached hydrogens (tertiary/aromatic N) is 3. The molecule has 0 fully saturated rings. The predicted molar refractivity (Wildman–Crippen MR) is 84.9 cm³/mol. The van der Waals surface area contributed by atoms with Crippen molar-refractivity contribution in [2.24, 2.45) is 0 Å². The van der Waals surface area contributed by atoms with Crippen LogP contribution in [0.2, 0.25) is 5.02 Å². The highest BCUT2D eigenvalue weighted by Gasteiger charge is 2.12. The SMILES string of the molecule is Cc1ccnc(-c2cccc(C(=O)c3ccc(Cl)cc3)n2)n1. The number of aromatic nitrogens is 3. The van der Waals surface area contributed by atoms with E-state index in [4.69, 9.17) is 11.6 Å². The lowest BCUT2D eigenvalue weighted by Gasteiger charge is -2.04. The highest BCUT2D eigenvalue weighted by atomic mass is 35.5. The fourth-order valence-electron chi connectivity index (χ4n) is 2.01. The number of carbonyl (C=O) groups excluding carboxylic acids is 1. The van der Waals surface area contributed by atoms with Crippen LogP contribution in [0.1, 0.15) is 21.7 Å². The molecule has 22 heavy (non-hydrogen) atoms. The van der Waals surface area contributed by atoms with Gasteiger partial charge in [-0.3, -0.25) is 4.79 Å². The smallest absolute Gasteiger partial charge is 0.211 e. The summed E-state index contributed by atoms with van der Waals surface area (Å²) in [6.07, 6.45) is 1.67. The maximum atomic E-state index is 12.5. The van der Waals surface area contributed by atoms with E-state index >= 15 is 0 Å². The molecule has 0 aliphatic rings. The van der Waals surface area contributed by atoms with Crippen LogP contribution in [0, 0.1) is 6.92 Å². The van der Waals surface area contributed by atoms with Crippen LogP contribution < -0.4 is 0 Å². The maximum Gasteiger partial charge on any atom is 0.211 e. The number of carbonyl (C=O) groups is 1. The van der Waals surface area contributed by atoms with Gasteiger partial charge in [0.1, 0.15) is 11.4 Å². The summed E-state index contributed by atoms with van der Waals surface area (Å²) < 4.78 is 0. The molecule has 5 heteroatoms. The zero-order valence-electron chi connectivity index (χ0n) is 11.8. The van der Waals surface area contributed by atoms with E-state index in [1.165, 1.54) is 0 Å². The average Bonchev–Trinajstić information content (AvgIpc) is 2.55. The van der Waals surface area contributed by atoms with Crippen LogP contribution in [0.4, 0.5) is 0 Å². The van der Waals surface area contributed by atoms with Gasteiger partial charge in [-0.1, -0.05) is 17.7 Å². The molecule has 2 heterocycles. The standard InChI is InChI=1S/C17H12ClN3O/c1-11-9-10-19-17(20-11)15-4-2-3-14(21-15)16(22)12-5-7-13(18)8-6-12/h2-10H,1H3. The van der Waals surface area contributed by atoms with Crippen molar-refractivity contribution in [3.8, 4) is 11.5 Å². The van der Waals surface area contributed by atoms with Gasteiger partial charge in [0, 0.05) is 22.5 Å². The van der Waals surface area contributed by atoms with Crippen molar-refractivity contribution in [3.63, 3.8) is 0 Å². The first kappa shape index (κ1) is 14.4. The molecule has 0 saturated heterocycles. The second-order valence-electron chi connectivity index (χ2n) is 4.77. The maximum absolute atomic E-state index is 12.5. The summed E-state index contributed by atoms with van der Waals surface area (Å²) >= 11 is 5.84. The number of pyridine rings is 1. The third kappa shape index (κ3) is 3.02. The molecule has 0 amide bonds. The van der Waals surface area contributed by atoms with Crippen molar-refractivity contribution < 1.29 is 4.79 Å². The molecule has 0 aliphatic carbocycles. The minimum Gasteiger partial charge on any atom is -0.287 e. The summed E-state index contributed by atoms with van der Waals surface area (Å²) in [4.78, 5) is 25.4. The Morgan fingerprint density at radius 3 is 2.50 bits per heavy atom. The Hall–Kier alpha value is -2.59. The molecule has 3 aromatic rings. The second kappa shape index (κ2) is 6.03. The van der Waals surface area contributed by atoms with Gasteiger partial charge < -0.3 is 0 Å². The highest BCUT2D eigenvalue weighted by molar-refractivity contribution is 6.30. The van der Waals surface area contributed by atoms with Crippen LogP contribution in [0.25, 0.3) is 11.5 Å². The monoisotopic (exact) mass is 309 g/mol. The number of rotatable bonds is 3. The lowest BCUT2D eigenvalue weighted by Crippen LogP contribution is -2.05. The molecule has 0 N–H and O–H groups in total. The lowest BCUT2D eigenvalue weighted by molar-refractivity contribution is 0.103. The number of hydrogen-bond acceptors (Lipinski definition) is 4. The van der Waals surface area contributed by atoms with Crippen molar-refractivity contribution in [2.45, 2.75) is 6.92 Å². The normalized spacial score (nSPS) is 10.5. The van der Waals surface area contributed by atoms with E-state index in [0.29, 0.717) is 27.8 Å². The van der Waals surface area contributed by atoms with Crippen LogP contribution in [0.5, 0.6) is 0 Å². The quantitative estimate of drug-likeness (QED) is 0.692. The molecule has 1 aromatic carbocycles. The Morgan fingerprint density at radius 2 is 1.77 bits per heavy atom. The first-order chi connectivity index (χ1) is 10.6. The minimum atomic E-state index is -0.161. The van der Waals surface area contributed by atoms with E-state index in [1.807, 2.05) is 13.0 Å². The van der Waals surface area contributed by atoms with Gasteiger partial charge in [-0.2, -0.15) is 0 Å². The Labute approximate surface area is 132 Å². The summed E-state index contributed by atoms with van der Waals surface area (Å²) in [5, 5.41) is 0.589. The number of hydrogen-bond donors (Lipinski definition) is 0. The van der Waals surface area contributed by atoms with Crippen molar-refractivity contribution >= 4 is 17.4 Å². The Balaban J connectivity index is 1.97. The molecule has 4 nitrogen and oxygen atoms in total. The van der Waals surface area contributed by atoms with Crippen LogP contribution in [-0.2, 0) is 0 Å². The molecular formula is C17H12ClN3O. The fourth-order valence-corrected chi connectivity index (χ4v) is 2.13. The Kier molecular flexibility index (Phi) is 3.94. The van der Waals surface area contributed by atoms with Crippen molar-refractivity contribution in [3.05, 3.63) is 76.7 Å². The molecule has 0 atom stereocenters. The summed E-state index contributed by atoms with van der Waals surface area (Å²) in [6, 6.07) is 13.8. The average molecular weight is 310 g/mol. The Morgan fingerprint density at radius 1 is 1.00 bits per heavy atom. The third-order valence-electron chi connectivity index (χ3n) is 3.11. The van der Waals surface area contributed by atoms with Crippen molar-refractivity contribution in [2.75, 3.05) is 0 Å². The number of aryl methyl sites for hydroxylation is 1. The molecule has 0 bridgehead atoms. The summed E-state index contributed by atoms with van der Waals surface area (Å²) in [5.41, 5.74) is 2.31. The summed E-state index contributed by atoms with van der Waals surface area (Å²) in [7, 11) is 0. The zero-order chi connectivity index (χ0) is 15.5. The van der Waals surface area contributed by atoms with Crippen molar-refractivity contribution in [1.29, 1.82) is 0 Å². The number of ketones is 1. The van der Waals surface area contributed by atoms with Gasteiger partial charge in [0.15, 0.2) is 5.82 Å². The summed E-state index contributed by atoms with van der Waals surface area (Å²) in [6.45, 7) is 1.88. The fraction of sp³-hybridized carbons (Fsp3) is 0.0588. The molecule has 2 aromatic heterocycles. The first-order valence-corrected chi connectivity index (χ1v) is 7.08. The van der Waals surface area contributed by atoms with Crippen LogP contribution >= 0.6 is 11.6 Å². The van der Waals surface area contributed by atoms with Gasteiger partial charge in [-0.15, -0.1) is 0 Å². The highest BCUT2D eigenvalue weighted by Crippen LogP contribution is 2.16. The van der Waals surface area contributed by atoms with Gasteiger partial charge in [0.25, 0.3) is 0 Å². The van der Waals surface area contributed by atoms with Gasteiger partial charge in [0.2, 0.25) is 5.78 Å². The van der Waals surface area contributed by atoms with Crippen LogP contribution in [0.3, 0.4) is 0 Å². The van der Waals surface area contributed by atoms with Gasteiger partial charge in [-0.05, 0) is 49.4 Å². The van der Waals surface area contributed by atoms with E-state index in [9.17, 15) is 4.79 Å². The lowest BCUT2D eigenvalue weighted by atomic mass is 10.1. The van der Waals surface area contributed by atoms with Crippen LogP contribution in [-0.4, -0.2) is 20.7 Å². The molecule has 0 spiro atoms. The number of halogens is 1. The topological polar surface area (TPSA) is 55.7 Å². The molecule has 0 saturated carbocycles. The molecule has 0 aliphatic heterocycles. The van der Waals surface area contributed by atoms with Gasteiger partial charge >= 0.3 is 0 Å². The van der Waals surface area contributed by atoms with Crippen molar-refractivity contribution in [1.82, 2.24) is 15.0 Å². The minimum absolute atomic E-state index is 0.161. The molecule has 3 rings (SSSR count). The summed E-state index contributed by atoms with van der Waals surface area (Å²) in [5.74, 6) is 0.344. The number of benzene rings is 1. The van der Waals surface area contributed by atoms with Crippen LogP contribution in [0.15, 0.2) is 54.7 Å². The van der Waals surface area contributed by atoms with E-state index in [2.05, 4.69) is 15.0 Å².